The van der Waals surface area contributed by atoms with Crippen LogP contribution >= 0.6 is 34.8 Å². The summed E-state index contributed by atoms with van der Waals surface area (Å²) < 4.78 is 24.8. The van der Waals surface area contributed by atoms with Gasteiger partial charge in [0.1, 0.15) is 12.4 Å². The molecule has 3 rings (SSSR count). The summed E-state index contributed by atoms with van der Waals surface area (Å²) in [6.45, 7) is 4.96. The van der Waals surface area contributed by atoms with Gasteiger partial charge in [-0.2, -0.15) is 0 Å². The van der Waals surface area contributed by atoms with Crippen LogP contribution in [0, 0.1) is 12.7 Å². The van der Waals surface area contributed by atoms with Gasteiger partial charge in [-0.25, -0.2) is 4.39 Å². The second kappa shape index (κ2) is 10.3. The Morgan fingerprint density at radius 3 is 2.40 bits per heavy atom. The highest BCUT2D eigenvalue weighted by atomic mass is 35.5. The van der Waals surface area contributed by atoms with Crippen LogP contribution in [-0.4, -0.2) is 6.61 Å². The number of aryl methyl sites for hydroxylation is 1. The van der Waals surface area contributed by atoms with Gasteiger partial charge in [0, 0.05) is 22.8 Å². The number of halogens is 4. The predicted molar refractivity (Wildman–Crippen MR) is 122 cm³/mol. The van der Waals surface area contributed by atoms with Gasteiger partial charge in [0.2, 0.25) is 0 Å². The van der Waals surface area contributed by atoms with Crippen molar-refractivity contribution in [2.24, 2.45) is 0 Å². The first-order valence-electron chi connectivity index (χ1n) is 9.39. The molecule has 1 N–H and O–H groups in total. The van der Waals surface area contributed by atoms with Crippen molar-refractivity contribution >= 4 is 40.5 Å². The number of rotatable bonds is 8. The first-order chi connectivity index (χ1) is 14.4. The van der Waals surface area contributed by atoms with E-state index < -0.39 is 5.82 Å². The normalized spacial score (nSPS) is 10.7. The van der Waals surface area contributed by atoms with E-state index in [-0.39, 0.29) is 6.61 Å². The summed E-state index contributed by atoms with van der Waals surface area (Å²) in [4.78, 5) is 0. The summed E-state index contributed by atoms with van der Waals surface area (Å²) in [6.07, 6.45) is 0. The van der Waals surface area contributed by atoms with Crippen LogP contribution in [0.5, 0.6) is 11.5 Å². The van der Waals surface area contributed by atoms with Crippen molar-refractivity contribution in [1.29, 1.82) is 0 Å². The molecule has 0 amide bonds. The highest BCUT2D eigenvalue weighted by molar-refractivity contribution is 6.32. The zero-order valence-corrected chi connectivity index (χ0v) is 18.8. The summed E-state index contributed by atoms with van der Waals surface area (Å²) in [6, 6.07) is 13.7. The number of anilines is 1. The van der Waals surface area contributed by atoms with Gasteiger partial charge in [-0.05, 0) is 61.4 Å². The maximum atomic E-state index is 13.2. The Kier molecular flexibility index (Phi) is 7.70. The molecular formula is C23H21Cl3FNO2. The lowest BCUT2D eigenvalue weighted by Gasteiger charge is -2.16. The quantitative estimate of drug-likeness (QED) is 0.368. The molecular weight excluding hydrogens is 448 g/mol. The third kappa shape index (κ3) is 5.72. The van der Waals surface area contributed by atoms with Crippen LogP contribution < -0.4 is 14.8 Å². The summed E-state index contributed by atoms with van der Waals surface area (Å²) in [7, 11) is 0. The van der Waals surface area contributed by atoms with Crippen LogP contribution in [0.3, 0.4) is 0 Å². The third-order valence-corrected chi connectivity index (χ3v) is 5.46. The fourth-order valence-electron chi connectivity index (χ4n) is 2.82. The minimum absolute atomic E-state index is 0.137. The summed E-state index contributed by atoms with van der Waals surface area (Å²) in [5.41, 5.74) is 3.50. The highest BCUT2D eigenvalue weighted by Gasteiger charge is 2.14. The Morgan fingerprint density at radius 1 is 0.900 bits per heavy atom. The van der Waals surface area contributed by atoms with Crippen molar-refractivity contribution in [2.75, 3.05) is 11.9 Å². The maximum absolute atomic E-state index is 13.2. The number of benzene rings is 3. The Bertz CT molecular complexity index is 1040. The monoisotopic (exact) mass is 467 g/mol. The highest BCUT2D eigenvalue weighted by Crippen LogP contribution is 2.38. The number of ether oxygens (including phenoxy) is 2. The Balaban J connectivity index is 1.76. The lowest BCUT2D eigenvalue weighted by atomic mass is 10.1. The van der Waals surface area contributed by atoms with Gasteiger partial charge in [-0.3, -0.25) is 0 Å². The molecule has 0 aliphatic heterocycles. The molecule has 0 aliphatic carbocycles. The lowest BCUT2D eigenvalue weighted by Crippen LogP contribution is -2.04. The average molecular weight is 469 g/mol. The molecule has 0 bridgehead atoms. The number of nitrogens with one attached hydrogen (secondary N) is 1. The standard InChI is InChI=1S/C23H21Cl3FNO2/c1-3-29-22-9-15(12-28-18-7-4-14(2)19(24)11-18)8-21(26)23(22)30-13-16-5-6-17(27)10-20(16)25/h4-11,28H,3,12-13H2,1-2H3. The summed E-state index contributed by atoms with van der Waals surface area (Å²) >= 11 is 18.7. The molecule has 7 heteroatoms. The smallest absolute Gasteiger partial charge is 0.180 e. The molecule has 0 fully saturated rings. The Hall–Kier alpha value is -2.14. The SMILES string of the molecule is CCOc1cc(CNc2ccc(C)c(Cl)c2)cc(Cl)c1OCc1ccc(F)cc1Cl. The van der Waals surface area contributed by atoms with Crippen LogP contribution in [0.1, 0.15) is 23.6 Å². The van der Waals surface area contributed by atoms with E-state index in [0.29, 0.717) is 45.3 Å². The summed E-state index contributed by atoms with van der Waals surface area (Å²) in [5, 5.41) is 4.74. The minimum atomic E-state index is -0.400. The van der Waals surface area contributed by atoms with Crippen molar-refractivity contribution in [2.45, 2.75) is 27.0 Å². The predicted octanol–water partition coefficient (Wildman–Crippen LogP) is 7.68. The van der Waals surface area contributed by atoms with Gasteiger partial charge in [0.25, 0.3) is 0 Å². The molecule has 3 aromatic carbocycles. The molecule has 0 unspecified atom stereocenters. The molecule has 0 aliphatic rings. The van der Waals surface area contributed by atoms with E-state index >= 15 is 0 Å². The largest absolute Gasteiger partial charge is 0.490 e. The van der Waals surface area contributed by atoms with E-state index in [1.54, 1.807) is 6.07 Å². The van der Waals surface area contributed by atoms with Gasteiger partial charge in [0.15, 0.2) is 11.5 Å². The topological polar surface area (TPSA) is 30.5 Å². The van der Waals surface area contributed by atoms with Gasteiger partial charge in [-0.1, -0.05) is 46.9 Å². The molecule has 30 heavy (non-hydrogen) atoms. The van der Waals surface area contributed by atoms with Crippen LogP contribution in [-0.2, 0) is 13.2 Å². The van der Waals surface area contributed by atoms with E-state index in [1.807, 2.05) is 44.2 Å². The van der Waals surface area contributed by atoms with E-state index in [9.17, 15) is 4.39 Å². The fourth-order valence-corrected chi connectivity index (χ4v) is 3.51. The molecule has 0 saturated carbocycles. The van der Waals surface area contributed by atoms with Crippen molar-refractivity contribution in [3.8, 4) is 11.5 Å². The lowest BCUT2D eigenvalue weighted by molar-refractivity contribution is 0.269. The molecule has 0 aromatic heterocycles. The Morgan fingerprint density at radius 2 is 1.70 bits per heavy atom. The van der Waals surface area contributed by atoms with E-state index in [2.05, 4.69) is 5.32 Å². The first kappa shape index (κ1) is 22.5. The minimum Gasteiger partial charge on any atom is -0.490 e. The van der Waals surface area contributed by atoms with Gasteiger partial charge < -0.3 is 14.8 Å². The molecule has 3 nitrogen and oxygen atoms in total. The van der Waals surface area contributed by atoms with Crippen LogP contribution in [0.15, 0.2) is 48.5 Å². The van der Waals surface area contributed by atoms with Gasteiger partial charge in [0.05, 0.1) is 16.7 Å². The van der Waals surface area contributed by atoms with Crippen LogP contribution in [0.25, 0.3) is 0 Å². The fraction of sp³-hybridized carbons (Fsp3) is 0.217. The van der Waals surface area contributed by atoms with Crippen molar-refractivity contribution in [3.63, 3.8) is 0 Å². The van der Waals surface area contributed by atoms with Crippen LogP contribution in [0.2, 0.25) is 15.1 Å². The van der Waals surface area contributed by atoms with E-state index in [0.717, 1.165) is 16.8 Å². The average Bonchev–Trinajstić information content (AvgIpc) is 2.70. The van der Waals surface area contributed by atoms with Crippen molar-refractivity contribution in [3.05, 3.63) is 86.1 Å². The molecule has 0 spiro atoms. The molecule has 0 radical (unpaired) electrons. The second-order valence-electron chi connectivity index (χ2n) is 6.68. The van der Waals surface area contributed by atoms with E-state index in [4.69, 9.17) is 44.3 Å². The molecule has 0 heterocycles. The van der Waals surface area contributed by atoms with Gasteiger partial charge >= 0.3 is 0 Å². The number of hydrogen-bond acceptors (Lipinski definition) is 3. The molecule has 3 aromatic rings. The third-order valence-electron chi connectivity index (χ3n) is 4.42. The molecule has 158 valence electrons. The van der Waals surface area contributed by atoms with Crippen molar-refractivity contribution in [1.82, 2.24) is 0 Å². The van der Waals surface area contributed by atoms with Crippen molar-refractivity contribution < 1.29 is 13.9 Å². The zero-order chi connectivity index (χ0) is 21.7. The van der Waals surface area contributed by atoms with E-state index in [1.165, 1.54) is 12.1 Å². The zero-order valence-electron chi connectivity index (χ0n) is 16.6. The molecule has 0 saturated heterocycles. The van der Waals surface area contributed by atoms with Crippen LogP contribution in [0.4, 0.5) is 10.1 Å². The maximum Gasteiger partial charge on any atom is 0.180 e. The van der Waals surface area contributed by atoms with Gasteiger partial charge in [-0.15, -0.1) is 0 Å². The number of hydrogen-bond donors (Lipinski definition) is 1. The summed E-state index contributed by atoms with van der Waals surface area (Å²) in [5.74, 6) is 0.548. The Labute approximate surface area is 190 Å². The molecule has 0 atom stereocenters. The second-order valence-corrected chi connectivity index (χ2v) is 7.90. The first-order valence-corrected chi connectivity index (χ1v) is 10.5.